The van der Waals surface area contributed by atoms with Crippen molar-refractivity contribution in [1.82, 2.24) is 5.32 Å². The zero-order chi connectivity index (χ0) is 14.4. The fraction of sp³-hybridized carbons (Fsp3) is 0.133. The van der Waals surface area contributed by atoms with Gasteiger partial charge in [-0.15, -0.1) is 0 Å². The first-order valence-electron chi connectivity index (χ1n) is 6.13. The van der Waals surface area contributed by atoms with Crippen LogP contribution in [0.2, 0.25) is 5.02 Å². The maximum Gasteiger partial charge on any atom is 0.258 e. The average Bonchev–Trinajstić information content (AvgIpc) is 2.47. The normalized spacial score (nSPS) is 10.1. The molecule has 2 aromatic carbocycles. The number of carbonyl (C=O) groups is 1. The predicted molar refractivity (Wildman–Crippen MR) is 79.6 cm³/mol. The summed E-state index contributed by atoms with van der Waals surface area (Å²) in [5, 5.41) is 3.19. The van der Waals surface area contributed by atoms with Gasteiger partial charge in [0, 0.05) is 18.3 Å². The smallest absolute Gasteiger partial charge is 0.258 e. The fourth-order valence-electron chi connectivity index (χ4n) is 1.62. The number of hydrogen-bond acceptors (Lipinski definition) is 3. The minimum absolute atomic E-state index is 0.101. The Labute approximate surface area is 122 Å². The summed E-state index contributed by atoms with van der Waals surface area (Å²) >= 11 is 5.94. The Kier molecular flexibility index (Phi) is 4.85. The molecule has 0 aliphatic rings. The Morgan fingerprint density at radius 3 is 2.70 bits per heavy atom. The number of rotatable bonds is 5. The van der Waals surface area contributed by atoms with Crippen LogP contribution in [0.4, 0.5) is 5.69 Å². The first-order valence-corrected chi connectivity index (χ1v) is 6.51. The highest BCUT2D eigenvalue weighted by Gasteiger charge is 2.06. The Hall–Kier alpha value is -2.20. The standard InChI is InChI=1S/C15H15ClN2O2/c16-13-7-6-12(17)8-14(13)20-10-15(19)18-9-11-4-2-1-3-5-11/h1-8H,9-10,17H2,(H,18,19). The van der Waals surface area contributed by atoms with E-state index in [1.807, 2.05) is 30.3 Å². The molecule has 104 valence electrons. The minimum atomic E-state index is -0.215. The summed E-state index contributed by atoms with van der Waals surface area (Å²) in [5.74, 6) is 0.189. The maximum absolute atomic E-state index is 11.7. The summed E-state index contributed by atoms with van der Waals surface area (Å²) in [6.45, 7) is 0.365. The van der Waals surface area contributed by atoms with Gasteiger partial charge in [-0.05, 0) is 17.7 Å². The summed E-state index contributed by atoms with van der Waals surface area (Å²) in [7, 11) is 0. The second kappa shape index (κ2) is 6.82. The van der Waals surface area contributed by atoms with Gasteiger partial charge in [-0.1, -0.05) is 41.9 Å². The zero-order valence-corrected chi connectivity index (χ0v) is 11.6. The molecule has 0 spiro atoms. The molecule has 3 N–H and O–H groups in total. The fourth-order valence-corrected chi connectivity index (χ4v) is 1.79. The van der Waals surface area contributed by atoms with Crippen LogP contribution in [-0.2, 0) is 11.3 Å². The molecule has 0 bridgehead atoms. The van der Waals surface area contributed by atoms with Gasteiger partial charge < -0.3 is 15.8 Å². The molecule has 20 heavy (non-hydrogen) atoms. The Morgan fingerprint density at radius 2 is 1.95 bits per heavy atom. The highest BCUT2D eigenvalue weighted by Crippen LogP contribution is 2.26. The van der Waals surface area contributed by atoms with Gasteiger partial charge in [0.2, 0.25) is 0 Å². The minimum Gasteiger partial charge on any atom is -0.482 e. The van der Waals surface area contributed by atoms with Gasteiger partial charge in [-0.25, -0.2) is 0 Å². The first-order chi connectivity index (χ1) is 9.65. The maximum atomic E-state index is 11.7. The third kappa shape index (κ3) is 4.17. The van der Waals surface area contributed by atoms with Crippen LogP contribution >= 0.6 is 11.6 Å². The van der Waals surface area contributed by atoms with Crippen molar-refractivity contribution in [2.75, 3.05) is 12.3 Å². The van der Waals surface area contributed by atoms with Crippen LogP contribution in [0, 0.1) is 0 Å². The summed E-state index contributed by atoms with van der Waals surface area (Å²) in [4.78, 5) is 11.7. The molecule has 0 heterocycles. The van der Waals surface area contributed by atoms with Crippen molar-refractivity contribution in [1.29, 1.82) is 0 Å². The van der Waals surface area contributed by atoms with Gasteiger partial charge in [0.15, 0.2) is 6.61 Å². The van der Waals surface area contributed by atoms with Crippen molar-refractivity contribution in [3.63, 3.8) is 0 Å². The van der Waals surface area contributed by atoms with Crippen molar-refractivity contribution in [2.45, 2.75) is 6.54 Å². The Balaban J connectivity index is 1.82. The number of carbonyl (C=O) groups excluding carboxylic acids is 1. The van der Waals surface area contributed by atoms with Crippen molar-refractivity contribution in [3.05, 3.63) is 59.1 Å². The molecule has 2 rings (SSSR count). The molecule has 0 aliphatic carbocycles. The molecule has 4 nitrogen and oxygen atoms in total. The quantitative estimate of drug-likeness (QED) is 0.832. The number of ether oxygens (including phenoxy) is 1. The van der Waals surface area contributed by atoms with Gasteiger partial charge in [-0.2, -0.15) is 0 Å². The Morgan fingerprint density at radius 1 is 1.20 bits per heavy atom. The van der Waals surface area contributed by atoms with Gasteiger partial charge in [-0.3, -0.25) is 4.79 Å². The van der Waals surface area contributed by atoms with Crippen LogP contribution < -0.4 is 15.8 Å². The van der Waals surface area contributed by atoms with E-state index in [0.717, 1.165) is 5.56 Å². The molecule has 0 aliphatic heterocycles. The first kappa shape index (κ1) is 14.2. The molecule has 0 unspecified atom stereocenters. The molecule has 0 saturated heterocycles. The van der Waals surface area contributed by atoms with E-state index < -0.39 is 0 Å². The molecule has 2 aromatic rings. The van der Waals surface area contributed by atoms with E-state index >= 15 is 0 Å². The lowest BCUT2D eigenvalue weighted by molar-refractivity contribution is -0.123. The van der Waals surface area contributed by atoms with E-state index in [9.17, 15) is 4.79 Å². The third-order valence-corrected chi connectivity index (χ3v) is 2.96. The number of hydrogen-bond donors (Lipinski definition) is 2. The van der Waals surface area contributed by atoms with E-state index in [0.29, 0.717) is 23.0 Å². The van der Waals surface area contributed by atoms with Crippen molar-refractivity contribution >= 4 is 23.2 Å². The van der Waals surface area contributed by atoms with E-state index in [2.05, 4.69) is 5.32 Å². The number of nitrogen functional groups attached to an aromatic ring is 1. The molecule has 1 amide bonds. The number of nitrogens with one attached hydrogen (secondary N) is 1. The molecule has 0 atom stereocenters. The second-order valence-corrected chi connectivity index (χ2v) is 4.65. The SMILES string of the molecule is Nc1ccc(Cl)c(OCC(=O)NCc2ccccc2)c1. The van der Waals surface area contributed by atoms with E-state index in [-0.39, 0.29) is 12.5 Å². The summed E-state index contributed by atoms with van der Waals surface area (Å²) in [5.41, 5.74) is 7.20. The summed E-state index contributed by atoms with van der Waals surface area (Å²) < 4.78 is 5.34. The van der Waals surface area contributed by atoms with Crippen LogP contribution in [0.1, 0.15) is 5.56 Å². The highest BCUT2D eigenvalue weighted by molar-refractivity contribution is 6.32. The summed E-state index contributed by atoms with van der Waals surface area (Å²) in [6, 6.07) is 14.5. The predicted octanol–water partition coefficient (Wildman–Crippen LogP) is 2.62. The molecular formula is C15H15ClN2O2. The van der Waals surface area contributed by atoms with Crippen LogP contribution in [0.15, 0.2) is 48.5 Å². The molecule has 0 aromatic heterocycles. The van der Waals surface area contributed by atoms with Gasteiger partial charge in [0.1, 0.15) is 5.75 Å². The lowest BCUT2D eigenvalue weighted by Crippen LogP contribution is -2.28. The Bertz CT molecular complexity index is 588. The van der Waals surface area contributed by atoms with Gasteiger partial charge >= 0.3 is 0 Å². The molecule has 0 radical (unpaired) electrons. The van der Waals surface area contributed by atoms with E-state index in [1.54, 1.807) is 18.2 Å². The molecule has 0 fully saturated rings. The molecule has 0 saturated carbocycles. The van der Waals surface area contributed by atoms with Gasteiger partial charge in [0.05, 0.1) is 5.02 Å². The van der Waals surface area contributed by atoms with Crippen molar-refractivity contribution in [2.24, 2.45) is 0 Å². The summed E-state index contributed by atoms with van der Waals surface area (Å²) in [6.07, 6.45) is 0. The largest absolute Gasteiger partial charge is 0.482 e. The monoisotopic (exact) mass is 290 g/mol. The second-order valence-electron chi connectivity index (χ2n) is 4.24. The van der Waals surface area contributed by atoms with Crippen LogP contribution in [-0.4, -0.2) is 12.5 Å². The molecular weight excluding hydrogens is 276 g/mol. The lowest BCUT2D eigenvalue weighted by atomic mass is 10.2. The number of halogens is 1. The van der Waals surface area contributed by atoms with E-state index in [4.69, 9.17) is 22.1 Å². The average molecular weight is 291 g/mol. The van der Waals surface area contributed by atoms with Crippen LogP contribution in [0.5, 0.6) is 5.75 Å². The number of nitrogens with two attached hydrogens (primary N) is 1. The van der Waals surface area contributed by atoms with Crippen LogP contribution in [0.25, 0.3) is 0 Å². The topological polar surface area (TPSA) is 64.3 Å². The van der Waals surface area contributed by atoms with Crippen LogP contribution in [0.3, 0.4) is 0 Å². The highest BCUT2D eigenvalue weighted by atomic mass is 35.5. The molecule has 5 heteroatoms. The van der Waals surface area contributed by atoms with Crippen molar-refractivity contribution in [3.8, 4) is 5.75 Å². The van der Waals surface area contributed by atoms with Gasteiger partial charge in [0.25, 0.3) is 5.91 Å². The number of amides is 1. The number of anilines is 1. The van der Waals surface area contributed by atoms with Crippen molar-refractivity contribution < 1.29 is 9.53 Å². The lowest BCUT2D eigenvalue weighted by Gasteiger charge is -2.09. The third-order valence-electron chi connectivity index (χ3n) is 2.65. The number of benzene rings is 2. The zero-order valence-electron chi connectivity index (χ0n) is 10.8. The van der Waals surface area contributed by atoms with E-state index in [1.165, 1.54) is 0 Å².